The van der Waals surface area contributed by atoms with Gasteiger partial charge >= 0.3 is 0 Å². The zero-order valence-corrected chi connectivity index (χ0v) is 55.4. The Hall–Kier alpha value is -2.83. The number of aliphatic hydroxyl groups excluding tert-OH is 8. The molecular weight excluding hydrogens is 1110 g/mol. The van der Waals surface area contributed by atoms with Crippen molar-refractivity contribution >= 4 is 5.91 Å². The first-order valence-electron chi connectivity index (χ1n) is 35.8. The Morgan fingerprint density at radius 3 is 1.20 bits per heavy atom. The molecule has 88 heavy (non-hydrogen) atoms. The van der Waals surface area contributed by atoms with Gasteiger partial charge in [0.15, 0.2) is 12.6 Å². The van der Waals surface area contributed by atoms with Crippen LogP contribution in [0, 0.1) is 0 Å². The molecule has 0 spiro atoms. The molecule has 12 unspecified atom stereocenters. The van der Waals surface area contributed by atoms with E-state index in [1.165, 1.54) is 180 Å². The fourth-order valence-corrected chi connectivity index (χ4v) is 11.4. The van der Waals surface area contributed by atoms with Crippen LogP contribution in [0.4, 0.5) is 0 Å². The second-order valence-electron chi connectivity index (χ2n) is 25.0. The maximum absolute atomic E-state index is 13.3. The van der Waals surface area contributed by atoms with Crippen molar-refractivity contribution in [3.8, 4) is 0 Å². The van der Waals surface area contributed by atoms with E-state index in [1.54, 1.807) is 6.08 Å². The van der Waals surface area contributed by atoms with Gasteiger partial charge < -0.3 is 65.1 Å². The van der Waals surface area contributed by atoms with E-state index in [9.17, 15) is 45.6 Å². The molecule has 510 valence electrons. The molecule has 2 heterocycles. The van der Waals surface area contributed by atoms with E-state index < -0.39 is 86.8 Å². The van der Waals surface area contributed by atoms with Crippen LogP contribution in [0.5, 0.6) is 0 Å². The highest BCUT2D eigenvalue weighted by molar-refractivity contribution is 5.76. The Kier molecular flexibility index (Phi) is 53.6. The molecule has 2 fully saturated rings. The highest BCUT2D eigenvalue weighted by atomic mass is 16.7. The summed E-state index contributed by atoms with van der Waals surface area (Å²) in [5.41, 5.74) is 0. The Labute approximate surface area is 535 Å². The first-order chi connectivity index (χ1) is 43.1. The van der Waals surface area contributed by atoms with Crippen molar-refractivity contribution in [2.45, 2.75) is 357 Å². The lowest BCUT2D eigenvalue weighted by molar-refractivity contribution is -0.359. The van der Waals surface area contributed by atoms with E-state index in [-0.39, 0.29) is 18.9 Å². The normalized spacial score (nSPS) is 23.7. The van der Waals surface area contributed by atoms with Crippen LogP contribution in [0.25, 0.3) is 0 Å². The summed E-state index contributed by atoms with van der Waals surface area (Å²) in [6, 6.07) is -0.917. The van der Waals surface area contributed by atoms with Gasteiger partial charge in [-0.05, 0) is 70.6 Å². The van der Waals surface area contributed by atoms with Gasteiger partial charge in [-0.1, -0.05) is 292 Å². The summed E-state index contributed by atoms with van der Waals surface area (Å²) in [5.74, 6) is -0.238. The van der Waals surface area contributed by atoms with Crippen molar-refractivity contribution < 1.29 is 64.6 Å². The van der Waals surface area contributed by atoms with Gasteiger partial charge in [0.05, 0.1) is 32.0 Å². The summed E-state index contributed by atoms with van der Waals surface area (Å²) < 4.78 is 22.8. The van der Waals surface area contributed by atoms with Gasteiger partial charge in [-0.3, -0.25) is 4.79 Å². The molecule has 12 atom stereocenters. The van der Waals surface area contributed by atoms with Gasteiger partial charge in [-0.25, -0.2) is 0 Å². The molecule has 0 radical (unpaired) electrons. The number of nitrogens with one attached hydrogen (secondary N) is 1. The molecule has 2 aliphatic heterocycles. The summed E-state index contributed by atoms with van der Waals surface area (Å²) in [7, 11) is 0. The molecule has 1 amide bonds. The number of carbonyl (C=O) groups is 1. The summed E-state index contributed by atoms with van der Waals surface area (Å²) in [5, 5.41) is 87.4. The van der Waals surface area contributed by atoms with Crippen LogP contribution in [0.3, 0.4) is 0 Å². The number of amides is 1. The lowest BCUT2D eigenvalue weighted by Crippen LogP contribution is -2.65. The third-order valence-electron chi connectivity index (χ3n) is 17.1. The summed E-state index contributed by atoms with van der Waals surface area (Å²) >= 11 is 0. The molecule has 0 aromatic carbocycles. The molecule has 14 heteroatoms. The minimum atomic E-state index is -1.79. The zero-order chi connectivity index (χ0) is 63.8. The van der Waals surface area contributed by atoms with E-state index in [4.69, 9.17) is 18.9 Å². The van der Waals surface area contributed by atoms with Crippen molar-refractivity contribution in [3.63, 3.8) is 0 Å². The smallest absolute Gasteiger partial charge is 0.220 e. The van der Waals surface area contributed by atoms with Gasteiger partial charge in [0, 0.05) is 6.42 Å². The summed E-state index contributed by atoms with van der Waals surface area (Å²) in [6.07, 6.45) is 63.6. The van der Waals surface area contributed by atoms with Crippen molar-refractivity contribution in [2.24, 2.45) is 0 Å². The molecule has 0 aromatic rings. The van der Waals surface area contributed by atoms with Crippen LogP contribution >= 0.6 is 0 Å². The zero-order valence-electron chi connectivity index (χ0n) is 55.4. The molecular formula is C74H131NO13. The average Bonchev–Trinajstić information content (AvgIpc) is 2.07. The molecule has 0 bridgehead atoms. The largest absolute Gasteiger partial charge is 0.394 e. The Bertz CT molecular complexity index is 1800. The highest BCUT2D eigenvalue weighted by Crippen LogP contribution is 2.30. The second kappa shape index (κ2) is 58.0. The van der Waals surface area contributed by atoms with Crippen molar-refractivity contribution in [1.82, 2.24) is 5.32 Å². The van der Waals surface area contributed by atoms with Crippen LogP contribution in [0.1, 0.15) is 284 Å². The van der Waals surface area contributed by atoms with E-state index in [1.807, 2.05) is 6.08 Å². The molecule has 14 nitrogen and oxygen atoms in total. The number of allylic oxidation sites excluding steroid dienone is 13. The standard InChI is InChI=1S/C74H131NO13/c1-3-5-7-9-11-13-15-17-19-21-22-23-24-25-26-27-28-29-30-31-32-33-34-35-36-37-38-39-40-42-44-46-48-50-52-54-56-58-66(79)75-62(63(78)57-55-53-51-49-47-45-43-41-20-18-16-14-12-10-8-6-4-2)61-85-73-71(84)69(82)72(65(60-77)87-73)88-74-70(83)68(81)67(80)64(59-76)86-74/h5,7,11,13,17,19,22-23,25-26,28-29,55,57,62-65,67-74,76-78,80-84H,3-4,6,8-10,12,14-16,18,20-21,24,27,30-54,56,58-61H2,1-2H3,(H,75,79)/b7-5-,13-11-,19-17-,23-22-,26-25-,29-28-,57-55+. The van der Waals surface area contributed by atoms with Crippen molar-refractivity contribution in [2.75, 3.05) is 19.8 Å². The van der Waals surface area contributed by atoms with Gasteiger partial charge in [0.2, 0.25) is 5.91 Å². The molecule has 0 aliphatic carbocycles. The number of aliphatic hydroxyl groups is 8. The van der Waals surface area contributed by atoms with E-state index in [0.29, 0.717) is 6.42 Å². The maximum Gasteiger partial charge on any atom is 0.220 e. The summed E-state index contributed by atoms with van der Waals surface area (Å²) in [6.45, 7) is 2.71. The lowest BCUT2D eigenvalue weighted by atomic mass is 9.97. The van der Waals surface area contributed by atoms with Gasteiger partial charge in [0.25, 0.3) is 0 Å². The number of rotatable bonds is 58. The molecule has 2 rings (SSSR count). The highest BCUT2D eigenvalue weighted by Gasteiger charge is 2.51. The van der Waals surface area contributed by atoms with Crippen LogP contribution in [0.2, 0.25) is 0 Å². The third-order valence-corrected chi connectivity index (χ3v) is 17.1. The van der Waals surface area contributed by atoms with Gasteiger partial charge in [0.1, 0.15) is 48.8 Å². The number of hydrogen-bond donors (Lipinski definition) is 9. The third kappa shape index (κ3) is 41.6. The fraction of sp³-hybridized carbons (Fsp3) is 0.797. The number of unbranched alkanes of at least 4 members (excludes halogenated alkanes) is 33. The maximum atomic E-state index is 13.3. The molecule has 0 aromatic heterocycles. The minimum absolute atomic E-state index is 0.238. The van der Waals surface area contributed by atoms with Crippen LogP contribution < -0.4 is 5.32 Å². The van der Waals surface area contributed by atoms with Crippen LogP contribution in [-0.4, -0.2) is 140 Å². The van der Waals surface area contributed by atoms with Gasteiger partial charge in [-0.15, -0.1) is 0 Å². The minimum Gasteiger partial charge on any atom is -0.394 e. The van der Waals surface area contributed by atoms with E-state index >= 15 is 0 Å². The van der Waals surface area contributed by atoms with E-state index in [2.05, 4.69) is 92.1 Å². The van der Waals surface area contributed by atoms with Gasteiger partial charge in [-0.2, -0.15) is 0 Å². The van der Waals surface area contributed by atoms with Crippen molar-refractivity contribution in [3.05, 3.63) is 85.1 Å². The number of ether oxygens (including phenoxy) is 4. The topological polar surface area (TPSA) is 228 Å². The lowest BCUT2D eigenvalue weighted by Gasteiger charge is -2.46. The monoisotopic (exact) mass is 1240 g/mol. The Balaban J connectivity index is 1.61. The molecule has 0 saturated carbocycles. The quantitative estimate of drug-likeness (QED) is 0.0204. The van der Waals surface area contributed by atoms with Crippen LogP contribution in [0.15, 0.2) is 85.1 Å². The second-order valence-corrected chi connectivity index (χ2v) is 25.0. The number of carbonyl (C=O) groups excluding carboxylic acids is 1. The molecule has 9 N–H and O–H groups in total. The fourth-order valence-electron chi connectivity index (χ4n) is 11.4. The predicted molar refractivity (Wildman–Crippen MR) is 360 cm³/mol. The Morgan fingerprint density at radius 2 is 0.784 bits per heavy atom. The van der Waals surface area contributed by atoms with E-state index in [0.717, 1.165) is 77.0 Å². The SMILES string of the molecule is CC/C=C\C/C=C\C/C=C\C/C=C\C/C=C\C/C=C\CCCCCCCCCCCCCCCCCCCCC(=O)NC(COC1OC(CO)C(OC2OC(CO)C(O)C(O)C2O)C(O)C1O)C(O)/C=C/CCCCCCCCCCCCCCCCC. The van der Waals surface area contributed by atoms with Crippen molar-refractivity contribution in [1.29, 1.82) is 0 Å². The number of hydrogen-bond acceptors (Lipinski definition) is 13. The molecule has 2 saturated heterocycles. The van der Waals surface area contributed by atoms with Crippen LogP contribution in [-0.2, 0) is 23.7 Å². The molecule has 2 aliphatic rings. The first kappa shape index (κ1) is 81.3. The Morgan fingerprint density at radius 1 is 0.420 bits per heavy atom. The average molecular weight is 1240 g/mol. The summed E-state index contributed by atoms with van der Waals surface area (Å²) in [4.78, 5) is 13.3. The first-order valence-corrected chi connectivity index (χ1v) is 35.8. The predicted octanol–water partition coefficient (Wildman–Crippen LogP) is 14.8.